The number of rotatable bonds is 9. The van der Waals surface area contributed by atoms with Gasteiger partial charge in [0.25, 0.3) is 0 Å². The molecular formula is C62H43N3. The summed E-state index contributed by atoms with van der Waals surface area (Å²) in [5.41, 5.74) is 14.6. The maximum absolute atomic E-state index is 2.50. The molecule has 0 fully saturated rings. The maximum atomic E-state index is 2.50. The first-order chi connectivity index (χ1) is 32.3. The van der Waals surface area contributed by atoms with Crippen molar-refractivity contribution in [1.82, 2.24) is 4.57 Å². The monoisotopic (exact) mass is 829 g/mol. The minimum atomic E-state index is 1.08. The average molecular weight is 830 g/mol. The number of nitrogens with zero attached hydrogens (tertiary/aromatic N) is 3. The standard InChI is InChI=1S/C62H43N3/c1-4-18-44(19-5-1)46-36-40-51(41-37-46)63(57-32-14-24-48-22-10-12-28-53(48)57)59-34-16-30-55-56-31-17-35-60(62(56)65(61(55)59)50-26-8-3-9-27-50)64(58-33-15-25-49-23-11-13-29-54(49)58)52-42-38-47(39-43-52)45-20-6-2-7-21-45/h1-43H. The fraction of sp³-hybridized carbons (Fsp3) is 0. The lowest BCUT2D eigenvalue weighted by Gasteiger charge is -2.29. The predicted octanol–water partition coefficient (Wildman–Crippen LogP) is 17.4. The third kappa shape index (κ3) is 6.70. The summed E-state index contributed by atoms with van der Waals surface area (Å²) in [6.07, 6.45) is 0. The van der Waals surface area contributed by atoms with Crippen LogP contribution in [0.3, 0.4) is 0 Å². The van der Waals surface area contributed by atoms with Crippen LogP contribution >= 0.6 is 0 Å². The molecule has 306 valence electrons. The van der Waals surface area contributed by atoms with E-state index in [4.69, 9.17) is 0 Å². The molecule has 0 radical (unpaired) electrons. The maximum Gasteiger partial charge on any atom is 0.0783 e. The van der Waals surface area contributed by atoms with Crippen LogP contribution in [0, 0.1) is 0 Å². The summed E-state index contributed by atoms with van der Waals surface area (Å²) in [6, 6.07) is 94.5. The molecule has 3 nitrogen and oxygen atoms in total. The number of benzene rings is 11. The molecule has 0 aliphatic carbocycles. The van der Waals surface area contributed by atoms with Crippen molar-refractivity contribution in [2.24, 2.45) is 0 Å². The largest absolute Gasteiger partial charge is 0.308 e. The number of hydrogen-bond donors (Lipinski definition) is 0. The van der Waals surface area contributed by atoms with Crippen LogP contribution in [-0.2, 0) is 0 Å². The molecule has 0 aliphatic heterocycles. The quantitative estimate of drug-likeness (QED) is 0.144. The molecule has 0 unspecified atom stereocenters. The van der Waals surface area contributed by atoms with Crippen molar-refractivity contribution < 1.29 is 0 Å². The summed E-state index contributed by atoms with van der Waals surface area (Å²) in [5, 5.41) is 7.10. The van der Waals surface area contributed by atoms with E-state index in [0.29, 0.717) is 0 Å². The van der Waals surface area contributed by atoms with Crippen LogP contribution in [0.2, 0.25) is 0 Å². The molecule has 0 saturated carbocycles. The summed E-state index contributed by atoms with van der Waals surface area (Å²) < 4.78 is 2.50. The summed E-state index contributed by atoms with van der Waals surface area (Å²) in [5.74, 6) is 0. The van der Waals surface area contributed by atoms with E-state index in [1.165, 1.54) is 54.6 Å². The molecule has 1 aromatic heterocycles. The lowest BCUT2D eigenvalue weighted by molar-refractivity contribution is 1.16. The van der Waals surface area contributed by atoms with Crippen LogP contribution in [0.5, 0.6) is 0 Å². The molecule has 12 rings (SSSR count). The smallest absolute Gasteiger partial charge is 0.0783 e. The van der Waals surface area contributed by atoms with Gasteiger partial charge in [-0.1, -0.05) is 200 Å². The highest BCUT2D eigenvalue weighted by Crippen LogP contribution is 2.49. The highest BCUT2D eigenvalue weighted by molar-refractivity contribution is 6.19. The molecule has 0 amide bonds. The van der Waals surface area contributed by atoms with E-state index in [2.05, 4.69) is 275 Å². The molecule has 65 heavy (non-hydrogen) atoms. The second-order valence-corrected chi connectivity index (χ2v) is 16.5. The van der Waals surface area contributed by atoms with Gasteiger partial charge in [-0.25, -0.2) is 0 Å². The van der Waals surface area contributed by atoms with Crippen molar-refractivity contribution in [3.05, 3.63) is 261 Å². The topological polar surface area (TPSA) is 11.4 Å². The van der Waals surface area contributed by atoms with Gasteiger partial charge in [-0.3, -0.25) is 0 Å². The first-order valence-corrected chi connectivity index (χ1v) is 22.3. The third-order valence-corrected chi connectivity index (χ3v) is 12.7. The van der Waals surface area contributed by atoms with Gasteiger partial charge in [0.1, 0.15) is 0 Å². The third-order valence-electron chi connectivity index (χ3n) is 12.7. The average Bonchev–Trinajstić information content (AvgIpc) is 3.74. The van der Waals surface area contributed by atoms with Crippen molar-refractivity contribution in [3.63, 3.8) is 0 Å². The Morgan fingerprint density at radius 2 is 0.554 bits per heavy atom. The van der Waals surface area contributed by atoms with E-state index < -0.39 is 0 Å². The van der Waals surface area contributed by atoms with E-state index in [9.17, 15) is 0 Å². The first kappa shape index (κ1) is 38.0. The SMILES string of the molecule is c1ccc(-c2ccc(N(c3cccc4ccccc34)c3cccc4c5cccc(N(c6ccc(-c7ccccc7)cc6)c6cccc7ccccc67)c5n(-c5ccccc5)c34)cc2)cc1. The molecule has 0 N–H and O–H groups in total. The molecule has 0 saturated heterocycles. The van der Waals surface area contributed by atoms with Gasteiger partial charge < -0.3 is 14.4 Å². The second kappa shape index (κ2) is 16.2. The van der Waals surface area contributed by atoms with Crippen molar-refractivity contribution in [2.75, 3.05) is 9.80 Å². The molecule has 12 aromatic rings. The van der Waals surface area contributed by atoms with E-state index in [1.54, 1.807) is 0 Å². The summed E-state index contributed by atoms with van der Waals surface area (Å²) in [6.45, 7) is 0. The van der Waals surface area contributed by atoms with Crippen LogP contribution in [0.25, 0.3) is 71.3 Å². The Balaban J connectivity index is 1.16. The van der Waals surface area contributed by atoms with Gasteiger partial charge in [-0.15, -0.1) is 0 Å². The highest BCUT2D eigenvalue weighted by atomic mass is 15.2. The Morgan fingerprint density at radius 3 is 1.00 bits per heavy atom. The lowest BCUT2D eigenvalue weighted by Crippen LogP contribution is -2.13. The van der Waals surface area contributed by atoms with Gasteiger partial charge in [-0.05, 0) is 93.7 Å². The second-order valence-electron chi connectivity index (χ2n) is 16.5. The Bertz CT molecular complexity index is 3400. The Morgan fingerprint density at radius 1 is 0.231 bits per heavy atom. The van der Waals surface area contributed by atoms with Gasteiger partial charge in [-0.2, -0.15) is 0 Å². The van der Waals surface area contributed by atoms with Crippen LogP contribution in [0.4, 0.5) is 34.1 Å². The summed E-state index contributed by atoms with van der Waals surface area (Å²) in [4.78, 5) is 4.92. The van der Waals surface area contributed by atoms with Crippen LogP contribution < -0.4 is 9.80 Å². The normalized spacial score (nSPS) is 11.4. The molecule has 0 aliphatic rings. The van der Waals surface area contributed by atoms with Gasteiger partial charge in [0, 0.05) is 38.6 Å². The molecule has 3 heteroatoms. The predicted molar refractivity (Wildman–Crippen MR) is 276 cm³/mol. The zero-order valence-electron chi connectivity index (χ0n) is 35.7. The van der Waals surface area contributed by atoms with Gasteiger partial charge in [0.05, 0.1) is 33.8 Å². The van der Waals surface area contributed by atoms with E-state index >= 15 is 0 Å². The van der Waals surface area contributed by atoms with Gasteiger partial charge in [0.2, 0.25) is 0 Å². The number of aromatic nitrogens is 1. The van der Waals surface area contributed by atoms with Crippen LogP contribution in [-0.4, -0.2) is 4.57 Å². The zero-order chi connectivity index (χ0) is 43.1. The minimum Gasteiger partial charge on any atom is -0.308 e. The van der Waals surface area contributed by atoms with E-state index in [0.717, 1.165) is 50.8 Å². The van der Waals surface area contributed by atoms with Crippen LogP contribution in [0.1, 0.15) is 0 Å². The number of fused-ring (bicyclic) bond motifs is 5. The lowest BCUT2D eigenvalue weighted by atomic mass is 10.0. The molecule has 0 spiro atoms. The van der Waals surface area contributed by atoms with Crippen molar-refractivity contribution in [2.45, 2.75) is 0 Å². The van der Waals surface area contributed by atoms with Crippen LogP contribution in [0.15, 0.2) is 261 Å². The summed E-state index contributed by atoms with van der Waals surface area (Å²) in [7, 11) is 0. The van der Waals surface area contributed by atoms with Gasteiger partial charge in [0.15, 0.2) is 0 Å². The van der Waals surface area contributed by atoms with Crippen molar-refractivity contribution in [1.29, 1.82) is 0 Å². The van der Waals surface area contributed by atoms with Crippen molar-refractivity contribution >= 4 is 77.5 Å². The molecule has 0 atom stereocenters. The molecule has 0 bridgehead atoms. The van der Waals surface area contributed by atoms with E-state index in [-0.39, 0.29) is 0 Å². The first-order valence-electron chi connectivity index (χ1n) is 22.3. The summed E-state index contributed by atoms with van der Waals surface area (Å²) >= 11 is 0. The zero-order valence-corrected chi connectivity index (χ0v) is 35.7. The van der Waals surface area contributed by atoms with E-state index in [1.807, 2.05) is 0 Å². The Kier molecular flexibility index (Phi) is 9.50. The fourth-order valence-corrected chi connectivity index (χ4v) is 9.76. The number of hydrogen-bond acceptors (Lipinski definition) is 2. The van der Waals surface area contributed by atoms with Crippen molar-refractivity contribution in [3.8, 4) is 27.9 Å². The molecular weight excluding hydrogens is 787 g/mol. The minimum absolute atomic E-state index is 1.08. The molecule has 1 heterocycles. The number of para-hydroxylation sites is 3. The molecule has 11 aromatic carbocycles. The number of anilines is 6. The Labute approximate surface area is 378 Å². The highest BCUT2D eigenvalue weighted by Gasteiger charge is 2.26. The van der Waals surface area contributed by atoms with Gasteiger partial charge >= 0.3 is 0 Å². The Hall–Kier alpha value is -8.66. The fourth-order valence-electron chi connectivity index (χ4n) is 9.76.